The van der Waals surface area contributed by atoms with Crippen molar-refractivity contribution in [1.29, 1.82) is 0 Å². The molecule has 2 aliphatic rings. The lowest BCUT2D eigenvalue weighted by atomic mass is 10.1. The maximum absolute atomic E-state index is 11.2. The van der Waals surface area contributed by atoms with Gasteiger partial charge in [0.1, 0.15) is 17.6 Å². The highest BCUT2D eigenvalue weighted by atomic mass is 16.6. The minimum atomic E-state index is -1.32. The van der Waals surface area contributed by atoms with Crippen LogP contribution in [-0.2, 0) is 4.74 Å². The Kier molecular flexibility index (Phi) is 3.46. The molecule has 1 aromatic rings. The predicted molar refractivity (Wildman–Crippen MR) is 72.6 cm³/mol. The normalized spacial score (nSPS) is 24.7. The van der Waals surface area contributed by atoms with E-state index in [1.165, 1.54) is 6.07 Å². The summed E-state index contributed by atoms with van der Waals surface area (Å²) in [6.45, 7) is 1.17. The Balaban J connectivity index is 1.96. The number of carboxylic acid groups (broad SMARTS) is 1. The summed E-state index contributed by atoms with van der Waals surface area (Å²) in [5.74, 6) is -0.847. The Morgan fingerprint density at radius 2 is 2.33 bits per heavy atom. The lowest BCUT2D eigenvalue weighted by molar-refractivity contribution is -0.385. The van der Waals surface area contributed by atoms with Gasteiger partial charge >= 0.3 is 11.7 Å². The van der Waals surface area contributed by atoms with E-state index in [0.29, 0.717) is 19.0 Å². The molecule has 1 saturated heterocycles. The van der Waals surface area contributed by atoms with Crippen LogP contribution in [0.3, 0.4) is 0 Å². The van der Waals surface area contributed by atoms with Gasteiger partial charge in [-0.2, -0.15) is 0 Å². The zero-order valence-electron chi connectivity index (χ0n) is 11.3. The number of rotatable bonds is 3. The molecule has 1 aromatic heterocycles. The van der Waals surface area contributed by atoms with Gasteiger partial charge < -0.3 is 14.7 Å². The number of nitro groups is 1. The zero-order chi connectivity index (χ0) is 15.0. The van der Waals surface area contributed by atoms with Gasteiger partial charge in [-0.1, -0.05) is 0 Å². The number of hydrogen-bond donors (Lipinski definition) is 1. The largest absolute Gasteiger partial charge is 0.477 e. The predicted octanol–water partition coefficient (Wildman–Crippen LogP) is 1.45. The van der Waals surface area contributed by atoms with Crippen molar-refractivity contribution in [2.75, 3.05) is 18.1 Å². The summed E-state index contributed by atoms with van der Waals surface area (Å²) < 4.78 is 5.70. The number of carboxylic acids is 1. The molecule has 112 valence electrons. The molecule has 2 heterocycles. The van der Waals surface area contributed by atoms with Gasteiger partial charge in [-0.05, 0) is 19.3 Å². The fourth-order valence-corrected chi connectivity index (χ4v) is 3.12. The van der Waals surface area contributed by atoms with Gasteiger partial charge in [0.2, 0.25) is 0 Å². The summed E-state index contributed by atoms with van der Waals surface area (Å²) in [5.41, 5.74) is -0.812. The van der Waals surface area contributed by atoms with E-state index in [2.05, 4.69) is 4.98 Å². The van der Waals surface area contributed by atoms with Crippen molar-refractivity contribution in [2.24, 2.45) is 0 Å². The highest BCUT2D eigenvalue weighted by molar-refractivity contribution is 5.93. The molecule has 0 radical (unpaired) electrons. The smallest absolute Gasteiger partial charge is 0.342 e. The summed E-state index contributed by atoms with van der Waals surface area (Å²) >= 11 is 0. The highest BCUT2D eigenvalue weighted by Gasteiger charge is 2.37. The van der Waals surface area contributed by atoms with Crippen LogP contribution in [0.5, 0.6) is 0 Å². The van der Waals surface area contributed by atoms with Crippen LogP contribution in [0.4, 0.5) is 11.5 Å². The number of aromatic nitrogens is 1. The number of nitrogens with zero attached hydrogens (tertiary/aromatic N) is 3. The summed E-state index contributed by atoms with van der Waals surface area (Å²) in [7, 11) is 0. The zero-order valence-corrected chi connectivity index (χ0v) is 11.3. The molecule has 1 aliphatic heterocycles. The summed E-state index contributed by atoms with van der Waals surface area (Å²) in [6.07, 6.45) is 4.18. The summed E-state index contributed by atoms with van der Waals surface area (Å²) in [6, 6.07) is 1.47. The number of carbonyl (C=O) groups is 1. The maximum Gasteiger partial charge on any atom is 0.342 e. The molecule has 21 heavy (non-hydrogen) atoms. The Hall–Kier alpha value is -2.22. The third-order valence-corrected chi connectivity index (χ3v) is 4.07. The second-order valence-corrected chi connectivity index (χ2v) is 5.22. The lowest BCUT2D eigenvalue weighted by Gasteiger charge is -2.38. The van der Waals surface area contributed by atoms with Gasteiger partial charge in [0.15, 0.2) is 0 Å². The van der Waals surface area contributed by atoms with Crippen molar-refractivity contribution < 1.29 is 19.6 Å². The number of anilines is 1. The molecule has 2 atom stereocenters. The number of ether oxygens (including phenoxy) is 1. The molecular weight excluding hydrogens is 278 g/mol. The Morgan fingerprint density at radius 3 is 3.05 bits per heavy atom. The molecule has 0 amide bonds. The quantitative estimate of drug-likeness (QED) is 0.664. The van der Waals surface area contributed by atoms with E-state index >= 15 is 0 Å². The Bertz CT molecular complexity index is 591. The van der Waals surface area contributed by atoms with Crippen LogP contribution in [0.1, 0.15) is 29.6 Å². The number of aromatic carboxylic acids is 1. The monoisotopic (exact) mass is 293 g/mol. The molecule has 8 heteroatoms. The topological polar surface area (TPSA) is 106 Å². The van der Waals surface area contributed by atoms with Crippen molar-refractivity contribution in [3.63, 3.8) is 0 Å². The molecule has 8 nitrogen and oxygen atoms in total. The van der Waals surface area contributed by atoms with Gasteiger partial charge in [0, 0.05) is 12.6 Å². The van der Waals surface area contributed by atoms with Gasteiger partial charge in [-0.3, -0.25) is 10.1 Å². The molecule has 1 N–H and O–H groups in total. The fourth-order valence-electron chi connectivity index (χ4n) is 3.12. The first kappa shape index (κ1) is 13.7. The molecule has 0 aromatic carbocycles. The lowest BCUT2D eigenvalue weighted by Crippen LogP contribution is -2.49. The molecule has 0 bridgehead atoms. The van der Waals surface area contributed by atoms with Crippen LogP contribution in [0.15, 0.2) is 12.3 Å². The third kappa shape index (κ3) is 2.42. The van der Waals surface area contributed by atoms with Crippen molar-refractivity contribution in [1.82, 2.24) is 4.98 Å². The number of fused-ring (bicyclic) bond motifs is 1. The first-order valence-corrected chi connectivity index (χ1v) is 6.84. The van der Waals surface area contributed by atoms with Crippen molar-refractivity contribution in [3.05, 3.63) is 27.9 Å². The van der Waals surface area contributed by atoms with Gasteiger partial charge in [0.05, 0.1) is 23.7 Å². The molecule has 2 fully saturated rings. The van der Waals surface area contributed by atoms with E-state index in [1.807, 2.05) is 4.90 Å². The van der Waals surface area contributed by atoms with Crippen LogP contribution in [-0.4, -0.2) is 46.3 Å². The summed E-state index contributed by atoms with van der Waals surface area (Å²) in [4.78, 5) is 27.5. The first-order valence-electron chi connectivity index (χ1n) is 6.84. The van der Waals surface area contributed by atoms with Crippen molar-refractivity contribution >= 4 is 17.5 Å². The average molecular weight is 293 g/mol. The van der Waals surface area contributed by atoms with Crippen molar-refractivity contribution in [2.45, 2.75) is 31.4 Å². The molecule has 2 unspecified atom stereocenters. The number of hydrogen-bond acceptors (Lipinski definition) is 6. The first-order chi connectivity index (χ1) is 10.1. The average Bonchev–Trinajstić information content (AvgIpc) is 2.94. The molecule has 1 aliphatic carbocycles. The van der Waals surface area contributed by atoms with Crippen LogP contribution in [0.2, 0.25) is 0 Å². The van der Waals surface area contributed by atoms with Crippen LogP contribution < -0.4 is 4.90 Å². The van der Waals surface area contributed by atoms with E-state index in [1.54, 1.807) is 0 Å². The van der Waals surface area contributed by atoms with E-state index in [0.717, 1.165) is 25.5 Å². The standard InChI is InChI=1S/C13H15N3O5/c17-13(18)8-6-12(14-7-10(8)16(19)20)15-4-5-21-11-3-1-2-9(11)15/h6-7,9,11H,1-5H2,(H,17,18). The Morgan fingerprint density at radius 1 is 1.52 bits per heavy atom. The second kappa shape index (κ2) is 5.28. The number of morpholine rings is 1. The molecule has 3 rings (SSSR count). The van der Waals surface area contributed by atoms with E-state index in [4.69, 9.17) is 9.84 Å². The SMILES string of the molecule is O=C(O)c1cc(N2CCOC3CCCC32)ncc1[N+](=O)[O-]. The second-order valence-electron chi connectivity index (χ2n) is 5.22. The highest BCUT2D eigenvalue weighted by Crippen LogP contribution is 2.33. The fraction of sp³-hybridized carbons (Fsp3) is 0.538. The minimum Gasteiger partial charge on any atom is -0.477 e. The molecule has 0 spiro atoms. The van der Waals surface area contributed by atoms with Gasteiger partial charge in [-0.15, -0.1) is 0 Å². The minimum absolute atomic E-state index is 0.143. The van der Waals surface area contributed by atoms with Crippen LogP contribution >= 0.6 is 0 Å². The van der Waals surface area contributed by atoms with Gasteiger partial charge in [0.25, 0.3) is 0 Å². The van der Waals surface area contributed by atoms with E-state index < -0.39 is 16.6 Å². The molecular formula is C13H15N3O5. The van der Waals surface area contributed by atoms with Crippen LogP contribution in [0, 0.1) is 10.1 Å². The Labute approximate surface area is 120 Å². The van der Waals surface area contributed by atoms with Crippen molar-refractivity contribution in [3.8, 4) is 0 Å². The third-order valence-electron chi connectivity index (χ3n) is 4.07. The van der Waals surface area contributed by atoms with Gasteiger partial charge in [-0.25, -0.2) is 9.78 Å². The number of pyridine rings is 1. The van der Waals surface area contributed by atoms with E-state index in [-0.39, 0.29) is 17.7 Å². The van der Waals surface area contributed by atoms with Crippen LogP contribution in [0.25, 0.3) is 0 Å². The maximum atomic E-state index is 11.2. The molecule has 1 saturated carbocycles. The van der Waals surface area contributed by atoms with E-state index in [9.17, 15) is 14.9 Å². The summed E-state index contributed by atoms with van der Waals surface area (Å²) in [5, 5.41) is 20.0.